The molecule has 2 aliphatic rings. The number of nitrogens with zero attached hydrogens (tertiary/aromatic N) is 1. The van der Waals surface area contributed by atoms with Crippen LogP contribution in [0.5, 0.6) is 0 Å². The number of likely N-dealkylation sites (tertiary alicyclic amines) is 1. The number of piperidine rings is 1. The van der Waals surface area contributed by atoms with Crippen molar-refractivity contribution in [1.29, 1.82) is 0 Å². The molecule has 1 N–H and O–H groups in total. The lowest BCUT2D eigenvalue weighted by Crippen LogP contribution is -2.41. The lowest BCUT2D eigenvalue weighted by atomic mass is 9.98. The lowest BCUT2D eigenvalue weighted by molar-refractivity contribution is -0.144. The number of aliphatic carboxylic acids is 1. The standard InChI is InChI=1S/C17H21NO4/c1-11-9-14(11)15-6-4-13(22-15)5-7-16(19)18-8-2-3-12(10-18)17(20)21/h4-7,11-12,14H,2-3,8-10H2,1H3,(H,20,21)/b7-5+. The van der Waals surface area contributed by atoms with Gasteiger partial charge in [-0.05, 0) is 43.4 Å². The van der Waals surface area contributed by atoms with Crippen molar-refractivity contribution in [2.45, 2.75) is 32.1 Å². The molecule has 1 amide bonds. The van der Waals surface area contributed by atoms with Crippen LogP contribution in [-0.2, 0) is 9.59 Å². The summed E-state index contributed by atoms with van der Waals surface area (Å²) >= 11 is 0. The Bertz CT molecular complexity index is 604. The van der Waals surface area contributed by atoms with Crippen molar-refractivity contribution >= 4 is 18.0 Å². The third-order valence-electron chi connectivity index (χ3n) is 4.59. The fraction of sp³-hybridized carbons (Fsp3) is 0.529. The SMILES string of the molecule is CC1CC1c1ccc(/C=C/C(=O)N2CCCC(C(=O)O)C2)o1. The summed E-state index contributed by atoms with van der Waals surface area (Å²) in [5.41, 5.74) is 0. The van der Waals surface area contributed by atoms with Gasteiger partial charge in [-0.25, -0.2) is 0 Å². The van der Waals surface area contributed by atoms with Crippen LogP contribution in [-0.4, -0.2) is 35.0 Å². The average molecular weight is 303 g/mol. The minimum Gasteiger partial charge on any atom is -0.481 e. The van der Waals surface area contributed by atoms with Crippen LogP contribution in [0.4, 0.5) is 0 Å². The molecule has 0 spiro atoms. The second kappa shape index (κ2) is 5.99. The van der Waals surface area contributed by atoms with Crippen LogP contribution < -0.4 is 0 Å². The van der Waals surface area contributed by atoms with Crippen LogP contribution >= 0.6 is 0 Å². The van der Waals surface area contributed by atoms with Gasteiger partial charge in [-0.1, -0.05) is 6.92 Å². The molecule has 22 heavy (non-hydrogen) atoms. The summed E-state index contributed by atoms with van der Waals surface area (Å²) in [7, 11) is 0. The van der Waals surface area contributed by atoms with E-state index in [1.165, 1.54) is 12.5 Å². The average Bonchev–Trinajstić information content (AvgIpc) is 3.06. The quantitative estimate of drug-likeness (QED) is 0.868. The van der Waals surface area contributed by atoms with Crippen molar-refractivity contribution < 1.29 is 19.1 Å². The number of carbonyl (C=O) groups excluding carboxylic acids is 1. The monoisotopic (exact) mass is 303 g/mol. The van der Waals surface area contributed by atoms with Gasteiger partial charge in [0.15, 0.2) is 0 Å². The fourth-order valence-electron chi connectivity index (χ4n) is 3.01. The summed E-state index contributed by atoms with van der Waals surface area (Å²) in [6.07, 6.45) is 5.69. The number of hydrogen-bond donors (Lipinski definition) is 1. The van der Waals surface area contributed by atoms with E-state index in [9.17, 15) is 9.59 Å². The van der Waals surface area contributed by atoms with Crippen LogP contribution in [0.15, 0.2) is 22.6 Å². The molecule has 3 rings (SSSR count). The third-order valence-corrected chi connectivity index (χ3v) is 4.59. The molecular weight excluding hydrogens is 282 g/mol. The zero-order valence-electron chi connectivity index (χ0n) is 12.7. The molecule has 1 saturated heterocycles. The molecule has 0 bridgehead atoms. The smallest absolute Gasteiger partial charge is 0.308 e. The van der Waals surface area contributed by atoms with Gasteiger partial charge in [0.05, 0.1) is 5.92 Å². The fourth-order valence-corrected chi connectivity index (χ4v) is 3.01. The molecule has 5 nitrogen and oxygen atoms in total. The first-order chi connectivity index (χ1) is 10.5. The van der Waals surface area contributed by atoms with Crippen molar-refractivity contribution in [3.63, 3.8) is 0 Å². The Kier molecular flexibility index (Phi) is 4.05. The minimum atomic E-state index is -0.823. The Morgan fingerprint density at radius 3 is 2.86 bits per heavy atom. The maximum Gasteiger partial charge on any atom is 0.308 e. The second-order valence-corrected chi connectivity index (χ2v) is 6.35. The van der Waals surface area contributed by atoms with Gasteiger partial charge in [0.2, 0.25) is 5.91 Å². The third kappa shape index (κ3) is 3.24. The maximum absolute atomic E-state index is 12.1. The molecule has 5 heteroatoms. The van der Waals surface area contributed by atoms with Gasteiger partial charge in [0, 0.05) is 25.1 Å². The number of carboxylic acids is 1. The summed E-state index contributed by atoms with van der Waals surface area (Å²) in [5, 5.41) is 9.06. The van der Waals surface area contributed by atoms with E-state index >= 15 is 0 Å². The summed E-state index contributed by atoms with van der Waals surface area (Å²) in [6, 6.07) is 3.85. The highest BCUT2D eigenvalue weighted by Gasteiger charge is 2.36. The molecule has 0 aromatic carbocycles. The summed E-state index contributed by atoms with van der Waals surface area (Å²) in [5.74, 6) is 1.46. The number of carbonyl (C=O) groups is 2. The Morgan fingerprint density at radius 2 is 2.18 bits per heavy atom. The van der Waals surface area contributed by atoms with Gasteiger partial charge in [-0.2, -0.15) is 0 Å². The predicted octanol–water partition coefficient (Wildman–Crippen LogP) is 2.74. The van der Waals surface area contributed by atoms with Crippen molar-refractivity contribution in [3.05, 3.63) is 29.7 Å². The molecule has 1 aliphatic carbocycles. The number of amides is 1. The topological polar surface area (TPSA) is 70.8 Å². The van der Waals surface area contributed by atoms with E-state index in [-0.39, 0.29) is 5.91 Å². The molecule has 1 saturated carbocycles. The number of rotatable bonds is 4. The molecule has 2 fully saturated rings. The summed E-state index contributed by atoms with van der Waals surface area (Å²) in [6.45, 7) is 3.11. The van der Waals surface area contributed by atoms with Crippen molar-refractivity contribution in [2.24, 2.45) is 11.8 Å². The van der Waals surface area contributed by atoms with Crippen molar-refractivity contribution in [1.82, 2.24) is 4.90 Å². The summed E-state index contributed by atoms with van der Waals surface area (Å²) < 4.78 is 5.72. The zero-order valence-corrected chi connectivity index (χ0v) is 12.7. The lowest BCUT2D eigenvalue weighted by Gasteiger charge is -2.29. The van der Waals surface area contributed by atoms with E-state index in [0.29, 0.717) is 37.1 Å². The molecule has 0 radical (unpaired) electrons. The highest BCUT2D eigenvalue weighted by atomic mass is 16.4. The Balaban J connectivity index is 1.58. The van der Waals surface area contributed by atoms with Gasteiger partial charge in [-0.3, -0.25) is 9.59 Å². The zero-order chi connectivity index (χ0) is 15.7. The van der Waals surface area contributed by atoms with Crippen LogP contribution in [0.1, 0.15) is 43.6 Å². The van der Waals surface area contributed by atoms with E-state index < -0.39 is 11.9 Å². The van der Waals surface area contributed by atoms with Gasteiger partial charge in [0.25, 0.3) is 0 Å². The molecule has 118 valence electrons. The number of carboxylic acid groups (broad SMARTS) is 1. The molecule has 3 unspecified atom stereocenters. The minimum absolute atomic E-state index is 0.149. The first-order valence-electron chi connectivity index (χ1n) is 7.84. The summed E-state index contributed by atoms with van der Waals surface area (Å²) in [4.78, 5) is 24.8. The molecular formula is C17H21NO4. The molecule has 1 aromatic rings. The molecule has 2 heterocycles. The van der Waals surface area contributed by atoms with Crippen molar-refractivity contribution in [2.75, 3.05) is 13.1 Å². The van der Waals surface area contributed by atoms with Crippen LogP contribution in [0.25, 0.3) is 6.08 Å². The number of hydrogen-bond acceptors (Lipinski definition) is 3. The van der Waals surface area contributed by atoms with E-state index in [0.717, 1.165) is 12.2 Å². The van der Waals surface area contributed by atoms with Crippen molar-refractivity contribution in [3.8, 4) is 0 Å². The van der Waals surface area contributed by atoms with E-state index in [4.69, 9.17) is 9.52 Å². The largest absolute Gasteiger partial charge is 0.481 e. The molecule has 1 aliphatic heterocycles. The first kappa shape index (κ1) is 14.9. The second-order valence-electron chi connectivity index (χ2n) is 6.35. The number of furan rings is 1. The predicted molar refractivity (Wildman–Crippen MR) is 81.2 cm³/mol. The van der Waals surface area contributed by atoms with E-state index in [2.05, 4.69) is 6.92 Å². The van der Waals surface area contributed by atoms with Gasteiger partial charge < -0.3 is 14.4 Å². The highest BCUT2D eigenvalue weighted by molar-refractivity contribution is 5.91. The highest BCUT2D eigenvalue weighted by Crippen LogP contribution is 2.47. The van der Waals surface area contributed by atoms with Gasteiger partial charge >= 0.3 is 5.97 Å². The van der Waals surface area contributed by atoms with Crippen LogP contribution in [0.3, 0.4) is 0 Å². The van der Waals surface area contributed by atoms with E-state index in [1.807, 2.05) is 12.1 Å². The Hall–Kier alpha value is -2.04. The van der Waals surface area contributed by atoms with Crippen LogP contribution in [0, 0.1) is 11.8 Å². The Morgan fingerprint density at radius 1 is 1.41 bits per heavy atom. The normalized spacial score (nSPS) is 28.0. The molecule has 1 aromatic heterocycles. The van der Waals surface area contributed by atoms with Crippen LogP contribution in [0.2, 0.25) is 0 Å². The molecule has 3 atom stereocenters. The first-order valence-corrected chi connectivity index (χ1v) is 7.84. The maximum atomic E-state index is 12.1. The van der Waals surface area contributed by atoms with Gasteiger partial charge in [-0.15, -0.1) is 0 Å². The van der Waals surface area contributed by atoms with Gasteiger partial charge in [0.1, 0.15) is 11.5 Å². The van der Waals surface area contributed by atoms with E-state index in [1.54, 1.807) is 11.0 Å². The Labute approximate surface area is 129 Å².